The van der Waals surface area contributed by atoms with Crippen molar-refractivity contribution in [2.45, 2.75) is 11.8 Å². The van der Waals surface area contributed by atoms with Crippen LogP contribution in [0.5, 0.6) is 0 Å². The predicted octanol–water partition coefficient (Wildman–Crippen LogP) is 3.35. The smallest absolute Gasteiger partial charge is 0.243 e. The molecule has 1 fully saturated rings. The Labute approximate surface area is 164 Å². The standard InChI is InChI=1S/C18H20ClN3O2S2/c1-14-5-2-3-8-17(14)20-18(25)21-9-11-22(12-10-21)26(23,24)16-7-4-6-15(19)13-16/h2-8,13H,9-12H2,1H3,(H,20,25). The summed E-state index contributed by atoms with van der Waals surface area (Å²) in [5, 5.41) is 4.27. The van der Waals surface area contributed by atoms with E-state index in [2.05, 4.69) is 5.32 Å². The van der Waals surface area contributed by atoms with E-state index in [9.17, 15) is 8.42 Å². The molecule has 0 saturated carbocycles. The predicted molar refractivity (Wildman–Crippen MR) is 109 cm³/mol. The molecule has 2 aromatic rings. The number of halogens is 1. The number of aryl methyl sites for hydroxylation is 1. The van der Waals surface area contributed by atoms with Crippen LogP contribution in [0.2, 0.25) is 5.02 Å². The van der Waals surface area contributed by atoms with Crippen molar-refractivity contribution >= 4 is 44.6 Å². The van der Waals surface area contributed by atoms with Gasteiger partial charge in [0.2, 0.25) is 10.0 Å². The molecule has 1 heterocycles. The summed E-state index contributed by atoms with van der Waals surface area (Å²) < 4.78 is 27.0. The minimum Gasteiger partial charge on any atom is -0.346 e. The second-order valence-electron chi connectivity index (χ2n) is 6.09. The highest BCUT2D eigenvalue weighted by atomic mass is 35.5. The Bertz CT molecular complexity index is 910. The molecule has 0 aromatic heterocycles. The molecule has 1 aliphatic rings. The number of hydrogen-bond acceptors (Lipinski definition) is 3. The molecule has 0 aliphatic carbocycles. The fourth-order valence-electron chi connectivity index (χ4n) is 2.82. The van der Waals surface area contributed by atoms with Crippen LogP contribution in [-0.2, 0) is 10.0 Å². The van der Waals surface area contributed by atoms with Gasteiger partial charge < -0.3 is 10.2 Å². The third-order valence-corrected chi connectivity index (χ3v) is 6.84. The van der Waals surface area contributed by atoms with Crippen LogP contribution in [-0.4, -0.2) is 48.9 Å². The Balaban J connectivity index is 1.64. The Morgan fingerprint density at radius 3 is 2.42 bits per heavy atom. The number of para-hydroxylation sites is 1. The largest absolute Gasteiger partial charge is 0.346 e. The molecule has 0 spiro atoms. The van der Waals surface area contributed by atoms with Crippen molar-refractivity contribution in [3.05, 3.63) is 59.1 Å². The van der Waals surface area contributed by atoms with Crippen LogP contribution in [0.25, 0.3) is 0 Å². The third-order valence-electron chi connectivity index (χ3n) is 4.35. The third kappa shape index (κ3) is 4.17. The van der Waals surface area contributed by atoms with Crippen LogP contribution >= 0.6 is 23.8 Å². The molecule has 3 rings (SSSR count). The van der Waals surface area contributed by atoms with Crippen molar-refractivity contribution in [1.82, 2.24) is 9.21 Å². The molecular formula is C18H20ClN3O2S2. The Hall–Kier alpha value is -1.67. The maximum absolute atomic E-state index is 12.8. The fourth-order valence-corrected chi connectivity index (χ4v) is 4.83. The molecule has 138 valence electrons. The number of nitrogens with zero attached hydrogens (tertiary/aromatic N) is 2. The van der Waals surface area contributed by atoms with Gasteiger partial charge in [0.15, 0.2) is 5.11 Å². The maximum atomic E-state index is 12.8. The molecular weight excluding hydrogens is 390 g/mol. The highest BCUT2D eigenvalue weighted by Crippen LogP contribution is 2.21. The second kappa shape index (κ2) is 7.92. The number of thiocarbonyl (C=S) groups is 1. The van der Waals surface area contributed by atoms with Gasteiger partial charge >= 0.3 is 0 Å². The van der Waals surface area contributed by atoms with Gasteiger partial charge in [-0.1, -0.05) is 35.9 Å². The van der Waals surface area contributed by atoms with E-state index < -0.39 is 10.0 Å². The van der Waals surface area contributed by atoms with Gasteiger partial charge in [-0.3, -0.25) is 0 Å². The van der Waals surface area contributed by atoms with E-state index >= 15 is 0 Å². The van der Waals surface area contributed by atoms with Crippen molar-refractivity contribution in [2.24, 2.45) is 0 Å². The minimum absolute atomic E-state index is 0.221. The summed E-state index contributed by atoms with van der Waals surface area (Å²) in [6.07, 6.45) is 0. The van der Waals surface area contributed by atoms with Crippen LogP contribution < -0.4 is 5.32 Å². The van der Waals surface area contributed by atoms with E-state index in [0.29, 0.717) is 36.3 Å². The Morgan fingerprint density at radius 1 is 1.08 bits per heavy atom. The molecule has 1 aliphatic heterocycles. The molecule has 26 heavy (non-hydrogen) atoms. The number of hydrogen-bond donors (Lipinski definition) is 1. The van der Waals surface area contributed by atoms with Gasteiger partial charge in [-0.25, -0.2) is 8.42 Å². The van der Waals surface area contributed by atoms with E-state index in [-0.39, 0.29) is 4.90 Å². The van der Waals surface area contributed by atoms with E-state index in [1.165, 1.54) is 10.4 Å². The topological polar surface area (TPSA) is 52.6 Å². The van der Waals surface area contributed by atoms with Gasteiger partial charge in [-0.2, -0.15) is 4.31 Å². The summed E-state index contributed by atoms with van der Waals surface area (Å²) in [5.74, 6) is 0. The zero-order chi connectivity index (χ0) is 18.7. The Morgan fingerprint density at radius 2 is 1.77 bits per heavy atom. The van der Waals surface area contributed by atoms with E-state index in [1.54, 1.807) is 18.2 Å². The van der Waals surface area contributed by atoms with Gasteiger partial charge in [0.25, 0.3) is 0 Å². The summed E-state index contributed by atoms with van der Waals surface area (Å²) in [5.41, 5.74) is 2.07. The summed E-state index contributed by atoms with van der Waals surface area (Å²) in [7, 11) is -3.54. The summed E-state index contributed by atoms with van der Waals surface area (Å²) in [4.78, 5) is 2.21. The van der Waals surface area contributed by atoms with Gasteiger partial charge in [0, 0.05) is 36.9 Å². The lowest BCUT2D eigenvalue weighted by atomic mass is 10.2. The first-order chi connectivity index (χ1) is 12.4. The van der Waals surface area contributed by atoms with Gasteiger partial charge in [-0.05, 0) is 49.0 Å². The van der Waals surface area contributed by atoms with Crippen molar-refractivity contribution in [2.75, 3.05) is 31.5 Å². The lowest BCUT2D eigenvalue weighted by molar-refractivity contribution is 0.268. The molecule has 1 saturated heterocycles. The molecule has 1 N–H and O–H groups in total. The van der Waals surface area contributed by atoms with Crippen LogP contribution in [0.1, 0.15) is 5.56 Å². The zero-order valence-electron chi connectivity index (χ0n) is 14.4. The lowest BCUT2D eigenvalue weighted by Crippen LogP contribution is -2.51. The van der Waals surface area contributed by atoms with Crippen molar-refractivity contribution in [3.8, 4) is 0 Å². The molecule has 2 aromatic carbocycles. The van der Waals surface area contributed by atoms with Crippen LogP contribution in [0.4, 0.5) is 5.69 Å². The molecule has 0 amide bonds. The number of anilines is 1. The fraction of sp³-hybridized carbons (Fsp3) is 0.278. The highest BCUT2D eigenvalue weighted by Gasteiger charge is 2.29. The average molecular weight is 410 g/mol. The molecule has 0 radical (unpaired) electrons. The van der Waals surface area contributed by atoms with E-state index in [1.807, 2.05) is 36.1 Å². The molecule has 5 nitrogen and oxygen atoms in total. The first-order valence-corrected chi connectivity index (χ1v) is 10.5. The van der Waals surface area contributed by atoms with Crippen molar-refractivity contribution in [3.63, 3.8) is 0 Å². The summed E-state index contributed by atoms with van der Waals surface area (Å²) in [6.45, 7) is 3.85. The van der Waals surface area contributed by atoms with Crippen molar-refractivity contribution < 1.29 is 8.42 Å². The molecule has 0 unspecified atom stereocenters. The first kappa shape index (κ1) is 19.1. The summed E-state index contributed by atoms with van der Waals surface area (Å²) in [6, 6.07) is 14.3. The SMILES string of the molecule is Cc1ccccc1NC(=S)N1CCN(S(=O)(=O)c2cccc(Cl)c2)CC1. The number of sulfonamides is 1. The highest BCUT2D eigenvalue weighted by molar-refractivity contribution is 7.89. The Kier molecular flexibility index (Phi) is 5.82. The van der Waals surface area contributed by atoms with Gasteiger partial charge in [-0.15, -0.1) is 0 Å². The van der Waals surface area contributed by atoms with E-state index in [0.717, 1.165) is 11.3 Å². The van der Waals surface area contributed by atoms with Gasteiger partial charge in [0.1, 0.15) is 0 Å². The number of rotatable bonds is 3. The van der Waals surface area contributed by atoms with Crippen LogP contribution in [0.15, 0.2) is 53.4 Å². The monoisotopic (exact) mass is 409 g/mol. The molecule has 0 atom stereocenters. The number of piperazine rings is 1. The number of nitrogens with one attached hydrogen (secondary N) is 1. The van der Waals surface area contributed by atoms with Crippen molar-refractivity contribution in [1.29, 1.82) is 0 Å². The van der Waals surface area contributed by atoms with Crippen LogP contribution in [0.3, 0.4) is 0 Å². The summed E-state index contributed by atoms with van der Waals surface area (Å²) >= 11 is 11.4. The lowest BCUT2D eigenvalue weighted by Gasteiger charge is -2.35. The normalized spacial score (nSPS) is 15.7. The van der Waals surface area contributed by atoms with E-state index in [4.69, 9.17) is 23.8 Å². The first-order valence-electron chi connectivity index (χ1n) is 8.25. The molecule has 8 heteroatoms. The second-order valence-corrected chi connectivity index (χ2v) is 8.85. The molecule has 0 bridgehead atoms. The quantitative estimate of drug-likeness (QED) is 0.788. The maximum Gasteiger partial charge on any atom is 0.243 e. The van der Waals surface area contributed by atoms with Crippen LogP contribution in [0, 0.1) is 6.92 Å². The zero-order valence-corrected chi connectivity index (χ0v) is 16.7. The number of benzene rings is 2. The average Bonchev–Trinajstić information content (AvgIpc) is 2.63. The van der Waals surface area contributed by atoms with Gasteiger partial charge in [0.05, 0.1) is 4.90 Å². The minimum atomic E-state index is -3.54.